The Labute approximate surface area is 122 Å². The van der Waals surface area contributed by atoms with Gasteiger partial charge in [0.1, 0.15) is 17.3 Å². The number of benzene rings is 1. The molecule has 0 N–H and O–H groups in total. The van der Waals surface area contributed by atoms with Gasteiger partial charge in [-0.25, -0.2) is 8.78 Å². The predicted molar refractivity (Wildman–Crippen MR) is 78.9 cm³/mol. The molecule has 0 saturated carbocycles. The molecule has 1 aromatic rings. The molecule has 19 heavy (non-hydrogen) atoms. The van der Waals surface area contributed by atoms with Crippen LogP contribution in [-0.4, -0.2) is 12.6 Å². The number of hydrogen-bond acceptors (Lipinski definition) is 1. The Morgan fingerprint density at radius 2 is 1.95 bits per heavy atom. The van der Waals surface area contributed by atoms with Crippen molar-refractivity contribution in [2.24, 2.45) is 0 Å². The Hall–Kier alpha value is -0.640. The third-order valence-corrected chi connectivity index (χ3v) is 4.41. The summed E-state index contributed by atoms with van der Waals surface area (Å²) < 4.78 is 28.4. The number of nitrogens with zero attached hydrogens (tertiary/aromatic N) is 1. The second-order valence-electron chi connectivity index (χ2n) is 5.17. The molecule has 1 aliphatic rings. The second-order valence-corrected chi connectivity index (χ2v) is 5.73. The fourth-order valence-corrected chi connectivity index (χ4v) is 3.22. The summed E-state index contributed by atoms with van der Waals surface area (Å²) >= 11 is 3.24. The first-order valence-corrected chi connectivity index (χ1v) is 8.10. The largest absolute Gasteiger partial charge is 0.364 e. The highest BCUT2D eigenvalue weighted by molar-refractivity contribution is 9.08. The Kier molecular flexibility index (Phi) is 5.20. The summed E-state index contributed by atoms with van der Waals surface area (Å²) in [6.45, 7) is 2.87. The number of halogens is 3. The minimum Gasteiger partial charge on any atom is -0.364 e. The molecule has 1 atom stereocenters. The van der Waals surface area contributed by atoms with Crippen LogP contribution in [0.3, 0.4) is 0 Å². The quantitative estimate of drug-likeness (QED) is 0.700. The van der Waals surface area contributed by atoms with E-state index >= 15 is 0 Å². The van der Waals surface area contributed by atoms with Gasteiger partial charge in [0.25, 0.3) is 0 Å². The number of alkyl halides is 1. The van der Waals surface area contributed by atoms with E-state index < -0.39 is 11.6 Å². The van der Waals surface area contributed by atoms with Crippen molar-refractivity contribution in [3.05, 3.63) is 29.3 Å². The summed E-state index contributed by atoms with van der Waals surface area (Å²) in [4.78, 5) is 1.94. The van der Waals surface area contributed by atoms with Crippen LogP contribution < -0.4 is 4.90 Å². The molecule has 1 unspecified atom stereocenters. The van der Waals surface area contributed by atoms with Crippen molar-refractivity contribution >= 4 is 21.6 Å². The van der Waals surface area contributed by atoms with E-state index in [0.717, 1.165) is 38.6 Å². The van der Waals surface area contributed by atoms with Crippen LogP contribution in [0.5, 0.6) is 0 Å². The summed E-state index contributed by atoms with van der Waals surface area (Å²) in [7, 11) is 0. The minimum atomic E-state index is -0.433. The smallest absolute Gasteiger partial charge is 0.149 e. The van der Waals surface area contributed by atoms with Crippen molar-refractivity contribution in [1.29, 1.82) is 0 Å². The summed E-state index contributed by atoms with van der Waals surface area (Å²) in [6.07, 6.45) is 5.25. The topological polar surface area (TPSA) is 3.24 Å². The number of piperidine rings is 1. The van der Waals surface area contributed by atoms with Gasteiger partial charge in [0.05, 0.1) is 0 Å². The lowest BCUT2D eigenvalue weighted by atomic mass is 9.97. The Morgan fingerprint density at radius 3 is 2.53 bits per heavy atom. The molecule has 1 saturated heterocycles. The maximum atomic E-state index is 14.2. The van der Waals surface area contributed by atoms with Gasteiger partial charge in [-0.2, -0.15) is 0 Å². The monoisotopic (exact) mass is 331 g/mol. The zero-order chi connectivity index (χ0) is 13.8. The SMILES string of the molecule is CCCC1CCCCN1c1c(F)cc(CBr)cc1F. The van der Waals surface area contributed by atoms with Gasteiger partial charge >= 0.3 is 0 Å². The fraction of sp³-hybridized carbons (Fsp3) is 0.600. The van der Waals surface area contributed by atoms with Crippen LogP contribution in [0.4, 0.5) is 14.5 Å². The van der Waals surface area contributed by atoms with Crippen molar-refractivity contribution in [2.75, 3.05) is 11.4 Å². The highest BCUT2D eigenvalue weighted by Gasteiger charge is 2.26. The van der Waals surface area contributed by atoms with Crippen LogP contribution in [0.25, 0.3) is 0 Å². The predicted octanol–water partition coefficient (Wildman–Crippen LogP) is 5.02. The van der Waals surface area contributed by atoms with Crippen molar-refractivity contribution < 1.29 is 8.78 Å². The molecular weight excluding hydrogens is 312 g/mol. The molecule has 1 heterocycles. The minimum absolute atomic E-state index is 0.169. The van der Waals surface area contributed by atoms with E-state index in [0.29, 0.717) is 10.9 Å². The van der Waals surface area contributed by atoms with E-state index in [-0.39, 0.29) is 11.7 Å². The van der Waals surface area contributed by atoms with E-state index in [9.17, 15) is 8.78 Å². The molecule has 0 aliphatic carbocycles. The average molecular weight is 332 g/mol. The Bertz CT molecular complexity index is 411. The Balaban J connectivity index is 2.33. The molecule has 0 aromatic heterocycles. The van der Waals surface area contributed by atoms with Crippen LogP contribution in [-0.2, 0) is 5.33 Å². The normalized spacial score (nSPS) is 19.8. The van der Waals surface area contributed by atoms with Gasteiger partial charge in [-0.15, -0.1) is 0 Å². The molecule has 2 rings (SSSR count). The first kappa shape index (κ1) is 14.8. The molecule has 1 aliphatic heterocycles. The molecule has 1 nitrogen and oxygen atoms in total. The number of rotatable bonds is 4. The standard InChI is InChI=1S/C15H20BrF2N/c1-2-5-12-6-3-4-7-19(12)15-13(17)8-11(10-16)9-14(15)18/h8-9,12H,2-7,10H2,1H3. The van der Waals surface area contributed by atoms with Gasteiger partial charge in [-0.05, 0) is 43.4 Å². The molecule has 0 radical (unpaired) electrons. The second kappa shape index (κ2) is 6.69. The van der Waals surface area contributed by atoms with Crippen LogP contribution in [0.1, 0.15) is 44.6 Å². The van der Waals surface area contributed by atoms with Gasteiger partial charge < -0.3 is 4.90 Å². The van der Waals surface area contributed by atoms with Gasteiger partial charge in [0.2, 0.25) is 0 Å². The van der Waals surface area contributed by atoms with E-state index in [1.54, 1.807) is 0 Å². The molecule has 0 amide bonds. The molecule has 1 aromatic carbocycles. The van der Waals surface area contributed by atoms with Gasteiger partial charge in [0, 0.05) is 17.9 Å². The van der Waals surface area contributed by atoms with Crippen molar-refractivity contribution in [1.82, 2.24) is 0 Å². The maximum absolute atomic E-state index is 14.2. The molecular formula is C15H20BrF2N. The molecule has 106 valence electrons. The van der Waals surface area contributed by atoms with E-state index in [4.69, 9.17) is 0 Å². The van der Waals surface area contributed by atoms with Gasteiger partial charge in [-0.3, -0.25) is 0 Å². The summed E-state index contributed by atoms with van der Waals surface area (Å²) in [5.74, 6) is -0.866. The third-order valence-electron chi connectivity index (χ3n) is 3.77. The first-order chi connectivity index (χ1) is 9.17. The highest BCUT2D eigenvalue weighted by atomic mass is 79.9. The van der Waals surface area contributed by atoms with Crippen molar-refractivity contribution in [3.63, 3.8) is 0 Å². The fourth-order valence-electron chi connectivity index (χ4n) is 2.90. The zero-order valence-electron chi connectivity index (χ0n) is 11.3. The van der Waals surface area contributed by atoms with Gasteiger partial charge in [0.15, 0.2) is 0 Å². The van der Waals surface area contributed by atoms with Crippen LogP contribution in [0.2, 0.25) is 0 Å². The van der Waals surface area contributed by atoms with Crippen molar-refractivity contribution in [3.8, 4) is 0 Å². The molecule has 1 fully saturated rings. The molecule has 0 bridgehead atoms. The zero-order valence-corrected chi connectivity index (χ0v) is 12.8. The summed E-state index contributed by atoms with van der Waals surface area (Å²) in [5, 5.41) is 0.472. The van der Waals surface area contributed by atoms with E-state index in [1.165, 1.54) is 12.1 Å². The lowest BCUT2D eigenvalue weighted by Gasteiger charge is -2.38. The lowest BCUT2D eigenvalue weighted by Crippen LogP contribution is -2.40. The summed E-state index contributed by atoms with van der Waals surface area (Å²) in [5.41, 5.74) is 0.811. The number of hydrogen-bond donors (Lipinski definition) is 0. The summed E-state index contributed by atoms with van der Waals surface area (Å²) in [6, 6.07) is 3.15. The molecule has 0 spiro atoms. The Morgan fingerprint density at radius 1 is 1.26 bits per heavy atom. The third kappa shape index (κ3) is 3.28. The highest BCUT2D eigenvalue weighted by Crippen LogP contribution is 2.32. The number of anilines is 1. The molecule has 4 heteroatoms. The van der Waals surface area contributed by atoms with Crippen LogP contribution in [0, 0.1) is 11.6 Å². The average Bonchev–Trinajstić information content (AvgIpc) is 2.40. The van der Waals surface area contributed by atoms with E-state index in [1.807, 2.05) is 4.90 Å². The van der Waals surface area contributed by atoms with Crippen molar-refractivity contribution in [2.45, 2.75) is 50.4 Å². The van der Waals surface area contributed by atoms with Crippen LogP contribution >= 0.6 is 15.9 Å². The maximum Gasteiger partial charge on any atom is 0.149 e. The van der Waals surface area contributed by atoms with E-state index in [2.05, 4.69) is 22.9 Å². The lowest BCUT2D eigenvalue weighted by molar-refractivity contribution is 0.421. The van der Waals surface area contributed by atoms with Gasteiger partial charge in [-0.1, -0.05) is 29.3 Å². The first-order valence-electron chi connectivity index (χ1n) is 6.98. The van der Waals surface area contributed by atoms with Crippen LogP contribution in [0.15, 0.2) is 12.1 Å².